The maximum atomic E-state index is 14.0. The lowest BCUT2D eigenvalue weighted by molar-refractivity contribution is -0.142. The third-order valence-electron chi connectivity index (χ3n) is 8.25. The van der Waals surface area contributed by atoms with Crippen LogP contribution >= 0.6 is 15.9 Å². The van der Waals surface area contributed by atoms with E-state index in [1.54, 1.807) is 36.4 Å². The third kappa shape index (κ3) is 4.35. The fourth-order valence-corrected chi connectivity index (χ4v) is 6.77. The minimum Gasteiger partial charge on any atom is -0.359 e. The van der Waals surface area contributed by atoms with Crippen molar-refractivity contribution < 1.29 is 23.5 Å². The summed E-state index contributed by atoms with van der Waals surface area (Å²) in [6.45, 7) is 0.114. The molecule has 0 radical (unpaired) electrons. The van der Waals surface area contributed by atoms with Gasteiger partial charge in [-0.25, -0.2) is 4.39 Å². The molecular formula is C29H29BrFN3O4. The number of anilines is 1. The lowest BCUT2D eigenvalue weighted by atomic mass is 9.74. The zero-order valence-electron chi connectivity index (χ0n) is 20.7. The predicted octanol–water partition coefficient (Wildman–Crippen LogP) is 4.33. The van der Waals surface area contributed by atoms with Crippen LogP contribution in [0.25, 0.3) is 0 Å². The SMILES string of the molecule is O=C(Nc1ccc(Br)cc1)C1C2C=CC3(O2)C1C(=O)N(Cc1ccc(F)cc1)C3C(=O)NC1CCCCC1. The number of rotatable bonds is 6. The molecule has 4 aliphatic rings. The molecule has 5 unspecified atom stereocenters. The molecule has 3 aliphatic heterocycles. The van der Waals surface area contributed by atoms with E-state index >= 15 is 0 Å². The first-order chi connectivity index (χ1) is 18.4. The number of carbonyl (C=O) groups excluding carboxylic acids is 3. The Balaban J connectivity index is 1.32. The van der Waals surface area contributed by atoms with Crippen LogP contribution in [-0.2, 0) is 25.7 Å². The number of benzene rings is 2. The number of fused-ring (bicyclic) bond motifs is 1. The highest BCUT2D eigenvalue weighted by Crippen LogP contribution is 2.55. The van der Waals surface area contributed by atoms with Crippen LogP contribution in [0.5, 0.6) is 0 Å². The van der Waals surface area contributed by atoms with Gasteiger partial charge in [-0.3, -0.25) is 14.4 Å². The summed E-state index contributed by atoms with van der Waals surface area (Å²) in [7, 11) is 0. The molecule has 7 nitrogen and oxygen atoms in total. The summed E-state index contributed by atoms with van der Waals surface area (Å²) >= 11 is 3.39. The Bertz CT molecular complexity index is 1280. The molecule has 2 bridgehead atoms. The average molecular weight is 582 g/mol. The van der Waals surface area contributed by atoms with E-state index in [0.29, 0.717) is 11.3 Å². The van der Waals surface area contributed by atoms with Crippen LogP contribution in [0, 0.1) is 17.7 Å². The van der Waals surface area contributed by atoms with E-state index in [-0.39, 0.29) is 36.1 Å². The predicted molar refractivity (Wildman–Crippen MR) is 142 cm³/mol. The topological polar surface area (TPSA) is 87.7 Å². The third-order valence-corrected chi connectivity index (χ3v) is 8.78. The van der Waals surface area contributed by atoms with Crippen molar-refractivity contribution >= 4 is 39.3 Å². The largest absolute Gasteiger partial charge is 0.359 e. The Morgan fingerprint density at radius 2 is 1.74 bits per heavy atom. The molecule has 3 amide bonds. The van der Waals surface area contributed by atoms with Gasteiger partial charge in [-0.1, -0.05) is 59.5 Å². The van der Waals surface area contributed by atoms with E-state index in [2.05, 4.69) is 26.6 Å². The number of hydrogen-bond acceptors (Lipinski definition) is 4. The van der Waals surface area contributed by atoms with E-state index in [0.717, 1.165) is 36.6 Å². The average Bonchev–Trinajstić information content (AvgIpc) is 3.55. The van der Waals surface area contributed by atoms with E-state index in [1.807, 2.05) is 12.1 Å². The maximum Gasteiger partial charge on any atom is 0.246 e. The molecule has 198 valence electrons. The Morgan fingerprint density at radius 1 is 1.03 bits per heavy atom. The van der Waals surface area contributed by atoms with Crippen molar-refractivity contribution in [3.63, 3.8) is 0 Å². The van der Waals surface area contributed by atoms with E-state index < -0.39 is 29.6 Å². The zero-order valence-corrected chi connectivity index (χ0v) is 22.3. The second kappa shape index (κ2) is 9.93. The number of halogens is 2. The second-order valence-corrected chi connectivity index (χ2v) is 11.5. The minimum atomic E-state index is -1.23. The molecule has 38 heavy (non-hydrogen) atoms. The molecule has 1 aliphatic carbocycles. The number of hydrogen-bond donors (Lipinski definition) is 2. The number of likely N-dealkylation sites (tertiary alicyclic amines) is 1. The van der Waals surface area contributed by atoms with Crippen molar-refractivity contribution in [3.8, 4) is 0 Å². The smallest absolute Gasteiger partial charge is 0.246 e. The molecule has 1 saturated carbocycles. The highest BCUT2D eigenvalue weighted by Gasteiger charge is 2.72. The van der Waals surface area contributed by atoms with Crippen LogP contribution in [0.4, 0.5) is 10.1 Å². The second-order valence-electron chi connectivity index (χ2n) is 10.6. The lowest BCUT2D eigenvalue weighted by Crippen LogP contribution is -2.56. The first-order valence-electron chi connectivity index (χ1n) is 13.1. The summed E-state index contributed by atoms with van der Waals surface area (Å²) in [5.41, 5.74) is 0.0719. The van der Waals surface area contributed by atoms with E-state index in [4.69, 9.17) is 4.74 Å². The normalized spacial score (nSPS) is 29.9. The first kappa shape index (κ1) is 25.2. The molecule has 2 saturated heterocycles. The van der Waals surface area contributed by atoms with Gasteiger partial charge in [0.2, 0.25) is 17.7 Å². The number of ether oxygens (including phenoxy) is 1. The molecule has 5 atom stereocenters. The van der Waals surface area contributed by atoms with Gasteiger partial charge in [0.05, 0.1) is 17.9 Å². The van der Waals surface area contributed by atoms with Crippen molar-refractivity contribution in [1.29, 1.82) is 0 Å². The van der Waals surface area contributed by atoms with E-state index in [9.17, 15) is 18.8 Å². The van der Waals surface area contributed by atoms with Gasteiger partial charge in [0.15, 0.2) is 0 Å². The first-order valence-corrected chi connectivity index (χ1v) is 13.9. The van der Waals surface area contributed by atoms with Gasteiger partial charge in [0.1, 0.15) is 17.5 Å². The number of nitrogens with zero attached hydrogens (tertiary/aromatic N) is 1. The standard InChI is InChI=1S/C29H29BrFN3O4/c30-18-8-12-21(13-9-18)32-26(35)23-22-14-15-29(38-22)24(23)28(37)34(16-17-6-10-19(31)11-7-17)25(29)27(36)33-20-4-2-1-3-5-20/h6-15,20,22-25H,1-5,16H2,(H,32,35)(H,33,36). The zero-order chi connectivity index (χ0) is 26.4. The molecule has 2 N–H and O–H groups in total. The van der Waals surface area contributed by atoms with Crippen LogP contribution in [-0.4, -0.2) is 46.4 Å². The van der Waals surface area contributed by atoms with Crippen LogP contribution < -0.4 is 10.6 Å². The molecule has 1 spiro atoms. The highest BCUT2D eigenvalue weighted by molar-refractivity contribution is 9.10. The fourth-order valence-electron chi connectivity index (χ4n) is 6.51. The van der Waals surface area contributed by atoms with Crippen LogP contribution in [0.1, 0.15) is 37.7 Å². The minimum absolute atomic E-state index is 0.0496. The molecular weight excluding hydrogens is 553 g/mol. The monoisotopic (exact) mass is 581 g/mol. The highest BCUT2D eigenvalue weighted by atomic mass is 79.9. The van der Waals surface area contributed by atoms with Crippen LogP contribution in [0.3, 0.4) is 0 Å². The molecule has 3 fully saturated rings. The number of nitrogens with one attached hydrogen (secondary N) is 2. The Labute approximate surface area is 228 Å². The van der Waals surface area contributed by atoms with Crippen LogP contribution in [0.15, 0.2) is 65.2 Å². The molecule has 6 rings (SSSR count). The molecule has 0 aromatic heterocycles. The van der Waals surface area contributed by atoms with Gasteiger partial charge in [-0.05, 0) is 54.8 Å². The summed E-state index contributed by atoms with van der Waals surface area (Å²) < 4.78 is 20.8. The van der Waals surface area contributed by atoms with Gasteiger partial charge in [-0.15, -0.1) is 0 Å². The summed E-state index contributed by atoms with van der Waals surface area (Å²) in [4.78, 5) is 42.9. The van der Waals surface area contributed by atoms with Gasteiger partial charge in [0, 0.05) is 22.7 Å². The van der Waals surface area contributed by atoms with Crippen molar-refractivity contribution in [1.82, 2.24) is 10.2 Å². The Kier molecular flexibility index (Phi) is 6.60. The quantitative estimate of drug-likeness (QED) is 0.497. The number of amides is 3. The maximum absolute atomic E-state index is 14.0. The summed E-state index contributed by atoms with van der Waals surface area (Å²) in [6.07, 6.45) is 8.07. The van der Waals surface area contributed by atoms with Crippen molar-refractivity contribution in [2.75, 3.05) is 5.32 Å². The Morgan fingerprint density at radius 3 is 2.45 bits per heavy atom. The summed E-state index contributed by atoms with van der Waals surface area (Å²) in [5.74, 6) is -2.89. The molecule has 2 aromatic rings. The molecule has 9 heteroatoms. The van der Waals surface area contributed by atoms with E-state index in [1.165, 1.54) is 17.0 Å². The number of carbonyl (C=O) groups is 3. The lowest BCUT2D eigenvalue weighted by Gasteiger charge is -2.34. The van der Waals surface area contributed by atoms with Crippen molar-refractivity contribution in [2.24, 2.45) is 11.8 Å². The fraction of sp³-hybridized carbons (Fsp3) is 0.414. The van der Waals surface area contributed by atoms with Crippen molar-refractivity contribution in [3.05, 3.63) is 76.5 Å². The van der Waals surface area contributed by atoms with Crippen LogP contribution in [0.2, 0.25) is 0 Å². The van der Waals surface area contributed by atoms with Gasteiger partial charge in [-0.2, -0.15) is 0 Å². The van der Waals surface area contributed by atoms with Gasteiger partial charge >= 0.3 is 0 Å². The Hall–Kier alpha value is -3.04. The van der Waals surface area contributed by atoms with Gasteiger partial charge in [0.25, 0.3) is 0 Å². The summed E-state index contributed by atoms with van der Waals surface area (Å²) in [5, 5.41) is 6.09. The molecule has 2 aromatic carbocycles. The summed E-state index contributed by atoms with van der Waals surface area (Å²) in [6, 6.07) is 12.2. The van der Waals surface area contributed by atoms with Gasteiger partial charge < -0.3 is 20.3 Å². The molecule has 3 heterocycles. The van der Waals surface area contributed by atoms with Crippen molar-refractivity contribution in [2.45, 2.75) is 62.4 Å².